The van der Waals surface area contributed by atoms with Gasteiger partial charge in [-0.1, -0.05) is 13.8 Å². The van der Waals surface area contributed by atoms with E-state index in [-0.39, 0.29) is 34.8 Å². The minimum Gasteiger partial charge on any atom is -0.352 e. The number of piperazine rings is 1. The van der Waals surface area contributed by atoms with E-state index in [0.717, 1.165) is 12.8 Å². The van der Waals surface area contributed by atoms with Gasteiger partial charge >= 0.3 is 0 Å². The van der Waals surface area contributed by atoms with Crippen LogP contribution in [-0.4, -0.2) is 87.6 Å². The topological polar surface area (TPSA) is 107 Å². The van der Waals surface area contributed by atoms with Crippen molar-refractivity contribution < 1.29 is 21.6 Å². The Hall–Kier alpha value is -1.53. The summed E-state index contributed by atoms with van der Waals surface area (Å²) in [5.41, 5.74) is 0. The van der Waals surface area contributed by atoms with E-state index in [1.807, 2.05) is 11.8 Å². The first-order chi connectivity index (χ1) is 14.6. The summed E-state index contributed by atoms with van der Waals surface area (Å²) in [6.07, 6.45) is 2.05. The first-order valence-electron chi connectivity index (χ1n) is 10.8. The van der Waals surface area contributed by atoms with E-state index in [0.29, 0.717) is 32.2 Å². The average Bonchev–Trinajstić information content (AvgIpc) is 3.58. The van der Waals surface area contributed by atoms with E-state index >= 15 is 0 Å². The SMILES string of the molecule is CCN(CC)S(=O)(=O)c1ccc(S(=O)(=O)N2CCN(C(C)C(=O)NC3CC3)CC2)cc1. The van der Waals surface area contributed by atoms with Crippen LogP contribution >= 0.6 is 0 Å². The predicted octanol–water partition coefficient (Wildman–Crippen LogP) is 0.691. The third-order valence-electron chi connectivity index (χ3n) is 5.93. The molecule has 0 aromatic heterocycles. The van der Waals surface area contributed by atoms with Crippen molar-refractivity contribution in [1.29, 1.82) is 0 Å². The molecule has 11 heteroatoms. The number of sulfonamides is 2. The predicted molar refractivity (Wildman–Crippen MR) is 118 cm³/mol. The summed E-state index contributed by atoms with van der Waals surface area (Å²) in [5.74, 6) is -0.0104. The number of benzene rings is 1. The molecule has 9 nitrogen and oxygen atoms in total. The van der Waals surface area contributed by atoms with Crippen LogP contribution in [0.25, 0.3) is 0 Å². The maximum Gasteiger partial charge on any atom is 0.243 e. The fourth-order valence-corrected chi connectivity index (χ4v) is 6.57. The summed E-state index contributed by atoms with van der Waals surface area (Å²) < 4.78 is 54.0. The Morgan fingerprint density at radius 2 is 1.52 bits per heavy atom. The van der Waals surface area contributed by atoms with Gasteiger partial charge in [0, 0.05) is 45.3 Å². The number of hydrogen-bond donors (Lipinski definition) is 1. The Labute approximate surface area is 185 Å². The number of hydrogen-bond acceptors (Lipinski definition) is 6. The molecule has 1 heterocycles. The van der Waals surface area contributed by atoms with Crippen LogP contribution in [0.1, 0.15) is 33.6 Å². The summed E-state index contributed by atoms with van der Waals surface area (Å²) in [6.45, 7) is 7.55. The highest BCUT2D eigenvalue weighted by atomic mass is 32.2. The molecule has 1 aliphatic carbocycles. The Kier molecular flexibility index (Phi) is 7.42. The zero-order chi connectivity index (χ0) is 22.8. The van der Waals surface area contributed by atoms with Crippen molar-refractivity contribution in [3.8, 4) is 0 Å². The average molecular weight is 473 g/mol. The largest absolute Gasteiger partial charge is 0.352 e. The van der Waals surface area contributed by atoms with Gasteiger partial charge in [-0.2, -0.15) is 8.61 Å². The van der Waals surface area contributed by atoms with Crippen LogP contribution < -0.4 is 5.32 Å². The molecule has 2 fully saturated rings. The second-order valence-electron chi connectivity index (χ2n) is 7.96. The molecule has 3 rings (SSSR count). The number of rotatable bonds is 9. The van der Waals surface area contributed by atoms with Crippen LogP contribution in [0.4, 0.5) is 0 Å². The lowest BCUT2D eigenvalue weighted by atomic mass is 10.2. The van der Waals surface area contributed by atoms with E-state index in [1.54, 1.807) is 13.8 Å². The van der Waals surface area contributed by atoms with Crippen molar-refractivity contribution in [2.24, 2.45) is 0 Å². The fraction of sp³-hybridized carbons (Fsp3) is 0.650. The van der Waals surface area contributed by atoms with Crippen LogP contribution in [0.2, 0.25) is 0 Å². The highest BCUT2D eigenvalue weighted by molar-refractivity contribution is 7.89. The van der Waals surface area contributed by atoms with Crippen LogP contribution in [0.15, 0.2) is 34.1 Å². The zero-order valence-corrected chi connectivity index (χ0v) is 20.0. The van der Waals surface area contributed by atoms with Crippen LogP contribution in [-0.2, 0) is 24.8 Å². The van der Waals surface area contributed by atoms with E-state index < -0.39 is 20.0 Å². The maximum atomic E-state index is 13.0. The Bertz CT molecular complexity index is 979. The molecule has 1 atom stereocenters. The van der Waals surface area contributed by atoms with Crippen molar-refractivity contribution in [2.75, 3.05) is 39.3 Å². The number of nitrogens with one attached hydrogen (secondary N) is 1. The van der Waals surface area contributed by atoms with Gasteiger partial charge in [-0.25, -0.2) is 16.8 Å². The van der Waals surface area contributed by atoms with E-state index in [4.69, 9.17) is 0 Å². The quantitative estimate of drug-likeness (QED) is 0.567. The monoisotopic (exact) mass is 472 g/mol. The number of carbonyl (C=O) groups excluding carboxylic acids is 1. The third kappa shape index (κ3) is 5.28. The standard InChI is InChI=1S/C20H32N4O5S2/c1-4-23(5-2)30(26,27)18-8-10-19(11-9-18)31(28,29)24-14-12-22(13-15-24)16(3)20(25)21-17-6-7-17/h8-11,16-17H,4-7,12-15H2,1-3H3,(H,21,25). The minimum absolute atomic E-state index is 0.0104. The van der Waals surface area contributed by atoms with Crippen molar-refractivity contribution >= 4 is 26.0 Å². The lowest BCUT2D eigenvalue weighted by Gasteiger charge is -2.36. The molecule has 0 radical (unpaired) electrons. The molecule has 1 unspecified atom stereocenters. The minimum atomic E-state index is -3.74. The van der Waals surface area contributed by atoms with Crippen molar-refractivity contribution in [2.45, 2.75) is 55.5 Å². The smallest absolute Gasteiger partial charge is 0.243 e. The molecular weight excluding hydrogens is 440 g/mol. The number of amides is 1. The summed E-state index contributed by atoms with van der Waals surface area (Å²) >= 11 is 0. The molecule has 1 saturated carbocycles. The lowest BCUT2D eigenvalue weighted by molar-refractivity contribution is -0.126. The molecule has 1 aromatic carbocycles. The van der Waals surface area contributed by atoms with Crippen molar-refractivity contribution in [3.63, 3.8) is 0 Å². The van der Waals surface area contributed by atoms with Gasteiger partial charge in [-0.3, -0.25) is 9.69 Å². The molecule has 0 spiro atoms. The first-order valence-corrected chi connectivity index (χ1v) is 13.6. The lowest BCUT2D eigenvalue weighted by Crippen LogP contribution is -2.55. The van der Waals surface area contributed by atoms with E-state index in [2.05, 4.69) is 5.32 Å². The van der Waals surface area contributed by atoms with Crippen molar-refractivity contribution in [1.82, 2.24) is 18.8 Å². The van der Waals surface area contributed by atoms with E-state index in [1.165, 1.54) is 32.9 Å². The van der Waals surface area contributed by atoms with Gasteiger partial charge in [0.25, 0.3) is 0 Å². The number of carbonyl (C=O) groups is 1. The molecule has 1 N–H and O–H groups in total. The molecule has 0 bridgehead atoms. The molecule has 2 aliphatic rings. The maximum absolute atomic E-state index is 13.0. The summed E-state index contributed by atoms with van der Waals surface area (Å²) in [6, 6.07) is 5.40. The van der Waals surface area contributed by atoms with Crippen LogP contribution in [0.5, 0.6) is 0 Å². The third-order valence-corrected chi connectivity index (χ3v) is 9.91. The second-order valence-corrected chi connectivity index (χ2v) is 11.8. The Morgan fingerprint density at radius 1 is 1.00 bits per heavy atom. The molecule has 1 saturated heterocycles. The van der Waals surface area contributed by atoms with Gasteiger partial charge in [0.05, 0.1) is 15.8 Å². The molecule has 1 amide bonds. The van der Waals surface area contributed by atoms with Crippen LogP contribution in [0, 0.1) is 0 Å². The van der Waals surface area contributed by atoms with Gasteiger partial charge in [-0.05, 0) is 44.0 Å². The first kappa shape index (κ1) is 24.1. The summed E-state index contributed by atoms with van der Waals surface area (Å²) in [7, 11) is -7.37. The van der Waals surface area contributed by atoms with Gasteiger partial charge in [0.2, 0.25) is 26.0 Å². The van der Waals surface area contributed by atoms with Crippen LogP contribution in [0.3, 0.4) is 0 Å². The fourth-order valence-electron chi connectivity index (χ4n) is 3.69. The molecule has 1 aromatic rings. The van der Waals surface area contributed by atoms with E-state index in [9.17, 15) is 21.6 Å². The Morgan fingerprint density at radius 3 is 2.00 bits per heavy atom. The number of nitrogens with zero attached hydrogens (tertiary/aromatic N) is 3. The Balaban J connectivity index is 1.65. The van der Waals surface area contributed by atoms with Gasteiger partial charge in [-0.15, -0.1) is 0 Å². The molecular formula is C20H32N4O5S2. The zero-order valence-electron chi connectivity index (χ0n) is 18.3. The second kappa shape index (κ2) is 9.53. The molecule has 31 heavy (non-hydrogen) atoms. The normalized spacial score (nSPS) is 20.0. The van der Waals surface area contributed by atoms with Gasteiger partial charge < -0.3 is 5.32 Å². The van der Waals surface area contributed by atoms with Crippen molar-refractivity contribution in [3.05, 3.63) is 24.3 Å². The highest BCUT2D eigenvalue weighted by Gasteiger charge is 2.33. The van der Waals surface area contributed by atoms with Gasteiger partial charge in [0.15, 0.2) is 0 Å². The highest BCUT2D eigenvalue weighted by Crippen LogP contribution is 2.23. The molecule has 174 valence electrons. The molecule has 1 aliphatic heterocycles. The van der Waals surface area contributed by atoms with Gasteiger partial charge in [0.1, 0.15) is 0 Å². The summed E-state index contributed by atoms with van der Waals surface area (Å²) in [4.78, 5) is 14.4. The summed E-state index contributed by atoms with van der Waals surface area (Å²) in [5, 5.41) is 2.99.